The second-order valence-corrected chi connectivity index (χ2v) is 6.61. The molecule has 6 nitrogen and oxygen atoms in total. The first kappa shape index (κ1) is 18.1. The number of carbonyl (C=O) groups is 1. The van der Waals surface area contributed by atoms with Crippen molar-refractivity contribution in [3.05, 3.63) is 69.5 Å². The van der Waals surface area contributed by atoms with E-state index in [4.69, 9.17) is 0 Å². The molecule has 2 aromatic carbocycles. The number of non-ortho nitro benzene ring substituents is 1. The number of thioether (sulfide) groups is 1. The molecule has 10 heteroatoms. The fraction of sp³-hybridized carbons (Fsp3) is 0.188. The molecule has 0 spiro atoms. The quantitative estimate of drug-likeness (QED) is 0.487. The Morgan fingerprint density at radius 3 is 2.50 bits per heavy atom. The zero-order valence-electron chi connectivity index (χ0n) is 13.1. The number of anilines is 1. The fourth-order valence-corrected chi connectivity index (χ4v) is 3.78. The molecule has 1 aliphatic rings. The average molecular weight is 383 g/mol. The highest BCUT2D eigenvalue weighted by molar-refractivity contribution is 7.99. The van der Waals surface area contributed by atoms with Gasteiger partial charge in [-0.15, -0.1) is 11.8 Å². The molecular formula is C16H12F3N3O3S. The van der Waals surface area contributed by atoms with Crippen LogP contribution in [0.4, 0.5) is 29.3 Å². The van der Waals surface area contributed by atoms with Crippen LogP contribution in [-0.4, -0.2) is 28.2 Å². The number of amides is 2. The second kappa shape index (κ2) is 7.24. The van der Waals surface area contributed by atoms with Crippen molar-refractivity contribution in [3.8, 4) is 0 Å². The summed E-state index contributed by atoms with van der Waals surface area (Å²) in [5.41, 5.74) is 0.129. The number of hydrogen-bond acceptors (Lipinski definition) is 4. The summed E-state index contributed by atoms with van der Waals surface area (Å²) in [5, 5.41) is 12.5. The van der Waals surface area contributed by atoms with E-state index >= 15 is 0 Å². The smallest absolute Gasteiger partial charge is 0.308 e. The summed E-state index contributed by atoms with van der Waals surface area (Å²) in [7, 11) is 0. The lowest BCUT2D eigenvalue weighted by molar-refractivity contribution is -0.384. The molecule has 26 heavy (non-hydrogen) atoms. The number of hydrogen-bond donors (Lipinski definition) is 1. The van der Waals surface area contributed by atoms with Crippen LogP contribution in [0.2, 0.25) is 0 Å². The number of halogens is 3. The molecule has 1 N–H and O–H groups in total. The maximum absolute atomic E-state index is 13.7. The molecule has 2 amide bonds. The lowest BCUT2D eigenvalue weighted by Gasteiger charge is -2.24. The van der Waals surface area contributed by atoms with Gasteiger partial charge < -0.3 is 10.2 Å². The minimum atomic E-state index is -1.66. The van der Waals surface area contributed by atoms with Crippen molar-refractivity contribution in [2.75, 3.05) is 17.6 Å². The Balaban J connectivity index is 1.78. The van der Waals surface area contributed by atoms with Crippen molar-refractivity contribution < 1.29 is 22.9 Å². The molecule has 1 aliphatic heterocycles. The molecule has 1 heterocycles. The van der Waals surface area contributed by atoms with E-state index in [-0.39, 0.29) is 5.69 Å². The minimum absolute atomic E-state index is 0.0726. The highest BCUT2D eigenvalue weighted by atomic mass is 32.2. The van der Waals surface area contributed by atoms with Gasteiger partial charge in [0.25, 0.3) is 5.69 Å². The minimum Gasteiger partial charge on any atom is -0.308 e. The van der Waals surface area contributed by atoms with Crippen LogP contribution in [0.25, 0.3) is 0 Å². The van der Waals surface area contributed by atoms with Crippen molar-refractivity contribution in [2.45, 2.75) is 5.37 Å². The number of urea groups is 1. The van der Waals surface area contributed by atoms with Gasteiger partial charge in [0.15, 0.2) is 17.5 Å². The van der Waals surface area contributed by atoms with Crippen LogP contribution in [-0.2, 0) is 0 Å². The van der Waals surface area contributed by atoms with Gasteiger partial charge in [-0.25, -0.2) is 18.0 Å². The number of carbonyl (C=O) groups excluding carboxylic acids is 1. The van der Waals surface area contributed by atoms with Crippen molar-refractivity contribution >= 4 is 29.2 Å². The number of nitro groups is 1. The molecule has 136 valence electrons. The van der Waals surface area contributed by atoms with E-state index in [9.17, 15) is 28.1 Å². The zero-order chi connectivity index (χ0) is 18.8. The van der Waals surface area contributed by atoms with E-state index in [0.29, 0.717) is 17.9 Å². The Kier molecular flexibility index (Phi) is 5.03. The lowest BCUT2D eigenvalue weighted by atomic mass is 10.2. The van der Waals surface area contributed by atoms with Gasteiger partial charge in [-0.3, -0.25) is 10.1 Å². The number of nitrogens with zero attached hydrogens (tertiary/aromatic N) is 2. The normalized spacial score (nSPS) is 16.6. The van der Waals surface area contributed by atoms with Gasteiger partial charge in [-0.05, 0) is 29.8 Å². The fourth-order valence-electron chi connectivity index (χ4n) is 2.52. The summed E-state index contributed by atoms with van der Waals surface area (Å²) in [5.74, 6) is -3.88. The zero-order valence-corrected chi connectivity index (χ0v) is 13.9. The topological polar surface area (TPSA) is 75.5 Å². The highest BCUT2D eigenvalue weighted by Crippen LogP contribution is 2.38. The van der Waals surface area contributed by atoms with Gasteiger partial charge in [0, 0.05) is 24.4 Å². The van der Waals surface area contributed by atoms with Crippen LogP contribution >= 0.6 is 11.8 Å². The molecule has 3 rings (SSSR count). The molecule has 2 aromatic rings. The Hall–Kier alpha value is -2.75. The Bertz CT molecular complexity index is 864. The van der Waals surface area contributed by atoms with Crippen LogP contribution < -0.4 is 5.32 Å². The van der Waals surface area contributed by atoms with Crippen molar-refractivity contribution in [2.24, 2.45) is 0 Å². The highest BCUT2D eigenvalue weighted by Gasteiger charge is 2.31. The molecule has 0 bridgehead atoms. The third kappa shape index (κ3) is 3.45. The molecule has 1 saturated heterocycles. The monoisotopic (exact) mass is 383 g/mol. The number of nitrogens with one attached hydrogen (secondary N) is 1. The van der Waals surface area contributed by atoms with Crippen molar-refractivity contribution in [1.82, 2.24) is 4.90 Å². The van der Waals surface area contributed by atoms with Gasteiger partial charge >= 0.3 is 6.03 Å². The van der Waals surface area contributed by atoms with E-state index in [1.165, 1.54) is 28.8 Å². The van der Waals surface area contributed by atoms with Gasteiger partial charge in [-0.1, -0.05) is 0 Å². The molecular weight excluding hydrogens is 371 g/mol. The first-order valence-electron chi connectivity index (χ1n) is 7.45. The molecule has 1 fully saturated rings. The molecule has 0 aromatic heterocycles. The maximum atomic E-state index is 13.7. The summed E-state index contributed by atoms with van der Waals surface area (Å²) in [4.78, 5) is 24.0. The Labute approximate surface area is 150 Å². The SMILES string of the molecule is O=C(Nc1ccc(F)c(F)c1F)N1CCSC1c1ccc([N+](=O)[O-])cc1. The summed E-state index contributed by atoms with van der Waals surface area (Å²) < 4.78 is 40.0. The van der Waals surface area contributed by atoms with Crippen LogP contribution in [0.5, 0.6) is 0 Å². The summed E-state index contributed by atoms with van der Waals surface area (Å²) in [6, 6.07) is 6.73. The predicted molar refractivity (Wildman–Crippen MR) is 90.3 cm³/mol. The van der Waals surface area contributed by atoms with Crippen LogP contribution in [0.1, 0.15) is 10.9 Å². The predicted octanol–water partition coefficient (Wildman–Crippen LogP) is 4.29. The van der Waals surface area contributed by atoms with Crippen LogP contribution in [0.3, 0.4) is 0 Å². The van der Waals surface area contributed by atoms with Crippen molar-refractivity contribution in [1.29, 1.82) is 0 Å². The summed E-state index contributed by atoms with van der Waals surface area (Å²) >= 11 is 1.43. The van der Waals surface area contributed by atoms with Crippen LogP contribution in [0.15, 0.2) is 36.4 Å². The number of benzene rings is 2. The summed E-state index contributed by atoms with van der Waals surface area (Å²) in [6.45, 7) is 0.351. The molecule has 1 atom stereocenters. The van der Waals surface area contributed by atoms with Gasteiger partial charge in [-0.2, -0.15) is 0 Å². The van der Waals surface area contributed by atoms with Gasteiger partial charge in [0.05, 0.1) is 10.6 Å². The van der Waals surface area contributed by atoms with E-state index in [0.717, 1.165) is 12.1 Å². The molecule has 0 aliphatic carbocycles. The number of rotatable bonds is 3. The van der Waals surface area contributed by atoms with Crippen LogP contribution in [0, 0.1) is 27.6 Å². The number of nitro benzene ring substituents is 1. The maximum Gasteiger partial charge on any atom is 0.323 e. The standard InChI is InChI=1S/C16H12F3N3O3S/c17-11-5-6-12(14(19)13(11)18)20-16(23)21-7-8-26-15(21)9-1-3-10(4-2-9)22(24)25/h1-6,15H,7-8H2,(H,20,23). The lowest BCUT2D eigenvalue weighted by Crippen LogP contribution is -2.34. The third-order valence-corrected chi connectivity index (χ3v) is 5.08. The molecule has 0 radical (unpaired) electrons. The first-order chi connectivity index (χ1) is 12.4. The van der Waals surface area contributed by atoms with E-state index in [1.807, 2.05) is 0 Å². The Morgan fingerprint density at radius 1 is 1.15 bits per heavy atom. The van der Waals surface area contributed by atoms with E-state index < -0.39 is 39.5 Å². The third-order valence-electron chi connectivity index (χ3n) is 3.82. The molecule has 1 unspecified atom stereocenters. The van der Waals surface area contributed by atoms with Crippen molar-refractivity contribution in [3.63, 3.8) is 0 Å². The van der Waals surface area contributed by atoms with E-state index in [1.54, 1.807) is 12.1 Å². The second-order valence-electron chi connectivity index (χ2n) is 5.42. The summed E-state index contributed by atoms with van der Waals surface area (Å²) in [6.07, 6.45) is 0. The molecule has 0 saturated carbocycles. The van der Waals surface area contributed by atoms with Gasteiger partial charge in [0.1, 0.15) is 5.37 Å². The largest absolute Gasteiger partial charge is 0.323 e. The Morgan fingerprint density at radius 2 is 1.85 bits per heavy atom. The first-order valence-corrected chi connectivity index (χ1v) is 8.50. The average Bonchev–Trinajstić information content (AvgIpc) is 3.12. The van der Waals surface area contributed by atoms with E-state index in [2.05, 4.69) is 5.32 Å². The van der Waals surface area contributed by atoms with Gasteiger partial charge in [0.2, 0.25) is 0 Å².